The smallest absolute Gasteiger partial charge is 0.328 e. The molecule has 0 bridgehead atoms. The topological polar surface area (TPSA) is 90.4 Å². The quantitative estimate of drug-likeness (QED) is 0.432. The summed E-state index contributed by atoms with van der Waals surface area (Å²) in [6.45, 7) is 8.21. The van der Waals surface area contributed by atoms with Crippen LogP contribution in [0.2, 0.25) is 5.04 Å². The van der Waals surface area contributed by atoms with Crippen molar-refractivity contribution in [1.29, 1.82) is 0 Å². The Morgan fingerprint density at radius 3 is 2.09 bits per heavy atom. The van der Waals surface area contributed by atoms with Crippen LogP contribution in [0.25, 0.3) is 0 Å². The Hall–Kier alpha value is -3.07. The third-order valence-corrected chi connectivity index (χ3v) is 11.6. The summed E-state index contributed by atoms with van der Waals surface area (Å²) in [7, 11) is -3.02. The monoisotopic (exact) mass is 478 g/mol. The summed E-state index contributed by atoms with van der Waals surface area (Å²) < 4.78 is 14.4. The number of nitrogens with zero attached hydrogens (tertiary/aromatic N) is 1. The number of aldehydes is 1. The van der Waals surface area contributed by atoms with E-state index in [1.165, 1.54) is 10.8 Å². The van der Waals surface area contributed by atoms with E-state index in [-0.39, 0.29) is 11.6 Å². The van der Waals surface area contributed by atoms with Crippen LogP contribution in [0, 0.1) is 6.92 Å². The van der Waals surface area contributed by atoms with Gasteiger partial charge in [0.1, 0.15) is 12.2 Å². The van der Waals surface area contributed by atoms with Gasteiger partial charge in [-0.25, -0.2) is 4.79 Å². The molecule has 0 saturated carbocycles. The lowest BCUT2D eigenvalue weighted by molar-refractivity contribution is -0.118. The Kier molecular flexibility index (Phi) is 6.57. The largest absolute Gasteiger partial charge is 0.399 e. The molecule has 1 fully saturated rings. The second kappa shape index (κ2) is 9.29. The SMILES string of the molecule is Cc1cn(C2COC(C=O)C2O[Si](c2ccccc2)(c2ccccc2)C(C)(C)C)c(=O)[nH]c1=O. The highest BCUT2D eigenvalue weighted by Gasteiger charge is 2.54. The molecule has 3 aromatic rings. The first kappa shape index (κ1) is 24.1. The molecule has 1 aromatic heterocycles. The second-order valence-corrected chi connectivity index (χ2v) is 14.0. The van der Waals surface area contributed by atoms with Crippen LogP contribution in [0.5, 0.6) is 0 Å². The normalized spacial score (nSPS) is 20.9. The molecule has 2 heterocycles. The third kappa shape index (κ3) is 4.13. The van der Waals surface area contributed by atoms with Crippen LogP contribution in [-0.4, -0.2) is 43.0 Å². The zero-order valence-electron chi connectivity index (χ0n) is 19.9. The maximum absolute atomic E-state index is 12.7. The van der Waals surface area contributed by atoms with E-state index in [0.717, 1.165) is 16.7 Å². The van der Waals surface area contributed by atoms with Gasteiger partial charge < -0.3 is 14.0 Å². The fraction of sp³-hybridized carbons (Fsp3) is 0.346. The van der Waals surface area contributed by atoms with Crippen molar-refractivity contribution in [2.45, 2.75) is 51.0 Å². The Labute approximate surface area is 199 Å². The van der Waals surface area contributed by atoms with Crippen LogP contribution >= 0.6 is 0 Å². The summed E-state index contributed by atoms with van der Waals surface area (Å²) in [5.74, 6) is 0. The first-order chi connectivity index (χ1) is 16.2. The molecule has 0 aliphatic carbocycles. The molecule has 8 heteroatoms. The minimum absolute atomic E-state index is 0.123. The van der Waals surface area contributed by atoms with Crippen molar-refractivity contribution in [2.24, 2.45) is 0 Å². The van der Waals surface area contributed by atoms with Gasteiger partial charge in [0.15, 0.2) is 6.29 Å². The lowest BCUT2D eigenvalue weighted by Crippen LogP contribution is -2.68. The van der Waals surface area contributed by atoms with Crippen molar-refractivity contribution in [1.82, 2.24) is 9.55 Å². The molecule has 1 saturated heterocycles. The van der Waals surface area contributed by atoms with Gasteiger partial charge in [-0.1, -0.05) is 81.4 Å². The second-order valence-electron chi connectivity index (χ2n) is 9.73. The number of hydrogen-bond donors (Lipinski definition) is 1. The van der Waals surface area contributed by atoms with Crippen LogP contribution in [0.1, 0.15) is 32.4 Å². The van der Waals surface area contributed by atoms with Crippen molar-refractivity contribution in [3.63, 3.8) is 0 Å². The van der Waals surface area contributed by atoms with Crippen LogP contribution in [0.4, 0.5) is 0 Å². The molecule has 2 aromatic carbocycles. The molecule has 3 atom stereocenters. The lowest BCUT2D eigenvalue weighted by atomic mass is 10.1. The average molecular weight is 479 g/mol. The van der Waals surface area contributed by atoms with Crippen LogP contribution in [0.15, 0.2) is 76.4 Å². The van der Waals surface area contributed by atoms with E-state index in [4.69, 9.17) is 9.16 Å². The average Bonchev–Trinajstić information content (AvgIpc) is 3.22. The Morgan fingerprint density at radius 1 is 1.03 bits per heavy atom. The predicted octanol–water partition coefficient (Wildman–Crippen LogP) is 1.93. The summed E-state index contributed by atoms with van der Waals surface area (Å²) >= 11 is 0. The van der Waals surface area contributed by atoms with Gasteiger partial charge in [-0.2, -0.15) is 0 Å². The van der Waals surface area contributed by atoms with E-state index >= 15 is 0 Å². The van der Waals surface area contributed by atoms with E-state index in [0.29, 0.717) is 5.56 Å². The fourth-order valence-electron chi connectivity index (χ4n) is 4.85. The highest BCUT2D eigenvalue weighted by Crippen LogP contribution is 2.40. The number of benzene rings is 2. The van der Waals surface area contributed by atoms with E-state index in [1.807, 2.05) is 36.4 Å². The number of H-pyrrole nitrogens is 1. The zero-order valence-corrected chi connectivity index (χ0v) is 20.9. The van der Waals surface area contributed by atoms with Gasteiger partial charge in [0, 0.05) is 11.8 Å². The van der Waals surface area contributed by atoms with Gasteiger partial charge in [0.2, 0.25) is 0 Å². The standard InChI is InChI=1S/C26H30N2O5Si/c1-18-15-28(25(31)27-24(18)30)21-17-32-22(16-29)23(21)33-34(26(2,3)4,19-11-7-5-8-12-19)20-13-9-6-10-14-20/h5-16,21-23H,17H2,1-4H3,(H,27,30,31). The van der Waals surface area contributed by atoms with Crippen molar-refractivity contribution < 1.29 is 14.0 Å². The maximum Gasteiger partial charge on any atom is 0.328 e. The van der Waals surface area contributed by atoms with Crippen molar-refractivity contribution in [2.75, 3.05) is 6.61 Å². The molecule has 0 radical (unpaired) electrons. The fourth-order valence-corrected chi connectivity index (χ4v) is 9.56. The number of hydrogen-bond acceptors (Lipinski definition) is 5. The van der Waals surface area contributed by atoms with Crippen molar-refractivity contribution in [3.05, 3.63) is 93.3 Å². The number of carbonyl (C=O) groups excluding carboxylic acids is 1. The Bertz CT molecular complexity index is 1220. The number of aryl methyl sites for hydroxylation is 1. The first-order valence-electron chi connectivity index (χ1n) is 11.4. The number of rotatable bonds is 6. The Morgan fingerprint density at radius 2 is 1.59 bits per heavy atom. The molecule has 178 valence electrons. The van der Waals surface area contributed by atoms with Crippen LogP contribution in [0.3, 0.4) is 0 Å². The van der Waals surface area contributed by atoms with E-state index in [9.17, 15) is 14.4 Å². The zero-order chi connectivity index (χ0) is 24.5. The van der Waals surface area contributed by atoms with Crippen LogP contribution < -0.4 is 21.6 Å². The van der Waals surface area contributed by atoms with Crippen molar-refractivity contribution in [3.8, 4) is 0 Å². The summed E-state index contributed by atoms with van der Waals surface area (Å²) in [6.07, 6.45) is 0.702. The minimum Gasteiger partial charge on any atom is -0.399 e. The molecular weight excluding hydrogens is 448 g/mol. The van der Waals surface area contributed by atoms with Gasteiger partial charge in [-0.15, -0.1) is 0 Å². The predicted molar refractivity (Wildman–Crippen MR) is 133 cm³/mol. The number of aromatic amines is 1. The van der Waals surface area contributed by atoms with Crippen LogP contribution in [-0.2, 0) is 14.0 Å². The number of nitrogens with one attached hydrogen (secondary N) is 1. The number of carbonyl (C=O) groups is 1. The maximum atomic E-state index is 12.7. The van der Waals surface area contributed by atoms with Gasteiger partial charge in [-0.05, 0) is 22.3 Å². The highest BCUT2D eigenvalue weighted by atomic mass is 28.4. The third-order valence-electron chi connectivity index (χ3n) is 6.53. The molecule has 0 spiro atoms. The number of aromatic nitrogens is 2. The first-order valence-corrected chi connectivity index (χ1v) is 13.3. The molecule has 1 N–H and O–H groups in total. The molecule has 1 aliphatic rings. The summed E-state index contributed by atoms with van der Waals surface area (Å²) in [5.41, 5.74) is -0.582. The molecule has 34 heavy (non-hydrogen) atoms. The van der Waals surface area contributed by atoms with Gasteiger partial charge in [0.25, 0.3) is 13.9 Å². The number of ether oxygens (including phenoxy) is 1. The molecule has 3 unspecified atom stereocenters. The van der Waals surface area contributed by atoms with Gasteiger partial charge >= 0.3 is 5.69 Å². The van der Waals surface area contributed by atoms with E-state index < -0.39 is 37.8 Å². The van der Waals surface area contributed by atoms with Gasteiger partial charge in [-0.3, -0.25) is 14.3 Å². The van der Waals surface area contributed by atoms with E-state index in [1.54, 1.807) is 6.92 Å². The highest BCUT2D eigenvalue weighted by molar-refractivity contribution is 6.99. The molecule has 7 nitrogen and oxygen atoms in total. The summed E-state index contributed by atoms with van der Waals surface area (Å²) in [6, 6.07) is 19.6. The summed E-state index contributed by atoms with van der Waals surface area (Å²) in [4.78, 5) is 39.1. The van der Waals surface area contributed by atoms with Crippen molar-refractivity contribution >= 4 is 25.0 Å². The Balaban J connectivity index is 1.92. The lowest BCUT2D eigenvalue weighted by Gasteiger charge is -2.45. The van der Waals surface area contributed by atoms with Gasteiger partial charge in [0.05, 0.1) is 12.6 Å². The molecule has 0 amide bonds. The molecular formula is C26H30N2O5Si. The molecule has 4 rings (SSSR count). The molecule has 1 aliphatic heterocycles. The summed E-state index contributed by atoms with van der Waals surface area (Å²) in [5, 5.41) is 1.81. The minimum atomic E-state index is -3.02. The van der Waals surface area contributed by atoms with E-state index in [2.05, 4.69) is 50.0 Å².